The maximum absolute atomic E-state index is 14.1. The summed E-state index contributed by atoms with van der Waals surface area (Å²) in [5, 5.41) is 4.16. The molecule has 0 N–H and O–H groups in total. The molecule has 0 aliphatic carbocycles. The number of hydrogen-bond acceptors (Lipinski definition) is 3. The van der Waals surface area contributed by atoms with Gasteiger partial charge in [0, 0.05) is 55.9 Å². The van der Waals surface area contributed by atoms with Gasteiger partial charge in [0.1, 0.15) is 0 Å². The summed E-state index contributed by atoms with van der Waals surface area (Å²) in [6, 6.07) is 9.54. The van der Waals surface area contributed by atoms with Crippen molar-refractivity contribution in [1.82, 2.24) is 14.7 Å². The predicted molar refractivity (Wildman–Crippen MR) is 116 cm³/mol. The number of hydrogen-bond donors (Lipinski definition) is 0. The molecule has 0 saturated heterocycles. The first-order chi connectivity index (χ1) is 14.9. The van der Waals surface area contributed by atoms with Gasteiger partial charge in [-0.25, -0.2) is 8.78 Å². The van der Waals surface area contributed by atoms with Crippen LogP contribution in [0.25, 0.3) is 11.1 Å². The number of carbonyl (C=O) groups excluding carboxylic acids is 1. The van der Waals surface area contributed by atoms with Crippen molar-refractivity contribution < 1.29 is 13.6 Å². The van der Waals surface area contributed by atoms with E-state index in [1.54, 1.807) is 42.1 Å². The number of aromatic nitrogens is 2. The summed E-state index contributed by atoms with van der Waals surface area (Å²) in [4.78, 5) is 16.0. The van der Waals surface area contributed by atoms with Crippen LogP contribution in [0.1, 0.15) is 35.1 Å². The number of alkyl halides is 2. The van der Waals surface area contributed by atoms with E-state index in [1.165, 1.54) is 0 Å². The number of amides is 1. The molecule has 0 fully saturated rings. The van der Waals surface area contributed by atoms with E-state index in [0.717, 1.165) is 47.5 Å². The highest BCUT2D eigenvalue weighted by Gasteiger charge is 2.28. The van der Waals surface area contributed by atoms with Crippen molar-refractivity contribution in [3.05, 3.63) is 65.0 Å². The highest BCUT2D eigenvalue weighted by molar-refractivity contribution is 5.84. The number of benzene rings is 2. The first kappa shape index (κ1) is 19.7. The molecule has 0 radical (unpaired) electrons. The smallest absolute Gasteiger partial charge is 0.264 e. The van der Waals surface area contributed by atoms with E-state index in [1.807, 2.05) is 24.3 Å². The Labute approximate surface area is 179 Å². The third kappa shape index (κ3) is 3.38. The van der Waals surface area contributed by atoms with E-state index in [0.29, 0.717) is 24.1 Å². The van der Waals surface area contributed by atoms with Crippen molar-refractivity contribution in [2.45, 2.75) is 32.2 Å². The number of rotatable bonds is 3. The molecular weight excluding hydrogens is 398 g/mol. The van der Waals surface area contributed by atoms with Crippen LogP contribution in [0.4, 0.5) is 20.2 Å². The van der Waals surface area contributed by atoms with Crippen LogP contribution in [0.2, 0.25) is 0 Å². The fourth-order valence-electron chi connectivity index (χ4n) is 4.74. The Balaban J connectivity index is 1.64. The molecular formula is C24H24F2N4O. The maximum Gasteiger partial charge on any atom is 0.264 e. The Hall–Kier alpha value is -3.22. The van der Waals surface area contributed by atoms with Gasteiger partial charge in [-0.3, -0.25) is 9.48 Å². The quantitative estimate of drug-likeness (QED) is 0.618. The Morgan fingerprint density at radius 1 is 1.10 bits per heavy atom. The second-order valence-electron chi connectivity index (χ2n) is 8.37. The van der Waals surface area contributed by atoms with Gasteiger partial charge >= 0.3 is 0 Å². The minimum absolute atomic E-state index is 0.0238. The molecule has 7 heteroatoms. The fraction of sp³-hybridized carbons (Fsp3) is 0.333. The zero-order chi connectivity index (χ0) is 21.7. The number of likely N-dealkylation sites (N-methyl/N-ethyl adjacent to an activating group) is 1. The minimum atomic E-state index is -2.59. The molecule has 2 aliphatic heterocycles. The Kier molecular flexibility index (Phi) is 4.76. The summed E-state index contributed by atoms with van der Waals surface area (Å²) in [7, 11) is 3.59. The monoisotopic (exact) mass is 422 g/mol. The molecule has 160 valence electrons. The molecule has 0 spiro atoms. The molecule has 5 rings (SSSR count). The molecule has 3 aromatic rings. The summed E-state index contributed by atoms with van der Waals surface area (Å²) in [5.74, 6) is 0.102. The summed E-state index contributed by atoms with van der Waals surface area (Å²) in [6.45, 7) is 1.29. The van der Waals surface area contributed by atoms with Gasteiger partial charge in [0.25, 0.3) is 6.43 Å². The van der Waals surface area contributed by atoms with Gasteiger partial charge in [-0.1, -0.05) is 12.1 Å². The number of anilines is 2. The standard InChI is InChI=1S/C24H24F2N4O/c1-28-14-20-15(10-23(28)31)5-3-7-21(20)30-8-4-6-16-9-18(17-12-27-29(2)13-17)19(24(25)26)11-22(16)30/h3,5,7,9,11-13,24H,4,6,8,10,14H2,1-2H3. The number of nitrogens with zero attached hydrogens (tertiary/aromatic N) is 4. The average molecular weight is 422 g/mol. The van der Waals surface area contributed by atoms with Crippen LogP contribution in [0.15, 0.2) is 42.7 Å². The van der Waals surface area contributed by atoms with Crippen LogP contribution < -0.4 is 4.90 Å². The van der Waals surface area contributed by atoms with Crippen molar-refractivity contribution >= 4 is 17.3 Å². The number of fused-ring (bicyclic) bond motifs is 2. The molecule has 2 aliphatic rings. The largest absolute Gasteiger partial charge is 0.341 e. The van der Waals surface area contributed by atoms with Crippen LogP contribution in [-0.4, -0.2) is 34.2 Å². The predicted octanol–water partition coefficient (Wildman–Crippen LogP) is 4.62. The lowest BCUT2D eigenvalue weighted by molar-refractivity contribution is -0.130. The maximum atomic E-state index is 14.1. The van der Waals surface area contributed by atoms with Crippen LogP contribution in [0, 0.1) is 0 Å². The van der Waals surface area contributed by atoms with Gasteiger partial charge in [0.05, 0.1) is 12.6 Å². The molecule has 3 heterocycles. The van der Waals surface area contributed by atoms with Gasteiger partial charge in [0.2, 0.25) is 5.91 Å². The molecule has 0 saturated carbocycles. The second kappa shape index (κ2) is 7.48. The van der Waals surface area contributed by atoms with E-state index in [-0.39, 0.29) is 11.5 Å². The lowest BCUT2D eigenvalue weighted by atomic mass is 9.91. The molecule has 1 aromatic heterocycles. The van der Waals surface area contributed by atoms with Crippen LogP contribution >= 0.6 is 0 Å². The fourth-order valence-corrected chi connectivity index (χ4v) is 4.74. The third-order valence-electron chi connectivity index (χ3n) is 6.32. The summed E-state index contributed by atoms with van der Waals surface area (Å²) >= 11 is 0. The van der Waals surface area contributed by atoms with Gasteiger partial charge in [-0.05, 0) is 53.3 Å². The highest BCUT2D eigenvalue weighted by Crippen LogP contribution is 2.43. The van der Waals surface area contributed by atoms with Gasteiger partial charge < -0.3 is 9.80 Å². The summed E-state index contributed by atoms with van der Waals surface area (Å²) in [6.07, 6.45) is 2.98. The van der Waals surface area contributed by atoms with Crippen LogP contribution in [0.3, 0.4) is 0 Å². The van der Waals surface area contributed by atoms with E-state index >= 15 is 0 Å². The average Bonchev–Trinajstić information content (AvgIpc) is 3.19. The molecule has 2 aromatic carbocycles. The van der Waals surface area contributed by atoms with Crippen LogP contribution in [-0.2, 0) is 31.2 Å². The normalized spacial score (nSPS) is 16.0. The van der Waals surface area contributed by atoms with E-state index in [9.17, 15) is 13.6 Å². The van der Waals surface area contributed by atoms with Gasteiger partial charge in [-0.15, -0.1) is 0 Å². The molecule has 31 heavy (non-hydrogen) atoms. The van der Waals surface area contributed by atoms with Crippen LogP contribution in [0.5, 0.6) is 0 Å². The van der Waals surface area contributed by atoms with Crippen molar-refractivity contribution in [2.75, 3.05) is 18.5 Å². The third-order valence-corrected chi connectivity index (χ3v) is 6.32. The number of halogens is 2. The first-order valence-electron chi connectivity index (χ1n) is 10.5. The number of carbonyl (C=O) groups is 1. The molecule has 0 bridgehead atoms. The van der Waals surface area contributed by atoms with Gasteiger partial charge in [-0.2, -0.15) is 5.10 Å². The van der Waals surface area contributed by atoms with Crippen molar-refractivity contribution in [3.8, 4) is 11.1 Å². The Morgan fingerprint density at radius 3 is 2.68 bits per heavy atom. The zero-order valence-electron chi connectivity index (χ0n) is 17.6. The molecule has 5 nitrogen and oxygen atoms in total. The SMILES string of the molecule is CN1Cc2c(cccc2N2CCCc3cc(-c4cnn(C)c4)c(C(F)F)cc32)CC1=O. The Morgan fingerprint density at radius 2 is 1.94 bits per heavy atom. The van der Waals surface area contributed by atoms with Crippen molar-refractivity contribution in [2.24, 2.45) is 7.05 Å². The van der Waals surface area contributed by atoms with E-state index < -0.39 is 6.43 Å². The minimum Gasteiger partial charge on any atom is -0.341 e. The molecule has 0 atom stereocenters. The van der Waals surface area contributed by atoms with E-state index in [4.69, 9.17) is 0 Å². The van der Waals surface area contributed by atoms with E-state index in [2.05, 4.69) is 10.00 Å². The molecule has 1 amide bonds. The van der Waals surface area contributed by atoms with Gasteiger partial charge in [0.15, 0.2) is 0 Å². The summed E-state index contributed by atoms with van der Waals surface area (Å²) < 4.78 is 29.8. The first-order valence-corrected chi connectivity index (χ1v) is 10.5. The Bertz CT molecular complexity index is 1170. The highest BCUT2D eigenvalue weighted by atomic mass is 19.3. The second-order valence-corrected chi connectivity index (χ2v) is 8.37. The summed E-state index contributed by atoms with van der Waals surface area (Å²) in [5.41, 5.74) is 6.30. The molecule has 0 unspecified atom stereocenters. The number of aryl methyl sites for hydroxylation is 2. The van der Waals surface area contributed by atoms with Crippen molar-refractivity contribution in [3.63, 3.8) is 0 Å². The topological polar surface area (TPSA) is 41.4 Å². The lowest BCUT2D eigenvalue weighted by Gasteiger charge is -2.36. The lowest BCUT2D eigenvalue weighted by Crippen LogP contribution is -2.34. The van der Waals surface area contributed by atoms with Crippen molar-refractivity contribution in [1.29, 1.82) is 0 Å². The zero-order valence-corrected chi connectivity index (χ0v) is 17.6.